The molecule has 3 nitrogen and oxygen atoms in total. The zero-order valence-corrected chi connectivity index (χ0v) is 11.6. The fourth-order valence-corrected chi connectivity index (χ4v) is 2.89. The molecule has 0 N–H and O–H groups in total. The summed E-state index contributed by atoms with van der Waals surface area (Å²) in [6.45, 7) is 5.20. The number of fused-ring (bicyclic) bond motifs is 1. The van der Waals surface area contributed by atoms with Crippen LogP contribution in [0.3, 0.4) is 0 Å². The lowest BCUT2D eigenvalue weighted by atomic mass is 9.61. The Bertz CT molecular complexity index is 509. The lowest BCUT2D eigenvalue weighted by Crippen LogP contribution is -2.55. The molecule has 1 amide bonds. The fraction of sp³-hybridized carbons (Fsp3) is 0.533. The minimum Gasteiger partial charge on any atom is -0.486 e. The van der Waals surface area contributed by atoms with Crippen molar-refractivity contribution in [1.29, 1.82) is 0 Å². The molecule has 1 aromatic rings. The van der Waals surface area contributed by atoms with Gasteiger partial charge in [0.1, 0.15) is 19.1 Å². The molecular weight excluding hydrogens is 237 g/mol. The molecule has 1 radical (unpaired) electrons. The molecule has 0 unspecified atom stereocenters. The summed E-state index contributed by atoms with van der Waals surface area (Å²) in [5.74, 6) is 1.12. The third-order valence-corrected chi connectivity index (χ3v) is 4.20. The number of hydrogen-bond acceptors (Lipinski definition) is 2. The largest absolute Gasteiger partial charge is 0.486 e. The van der Waals surface area contributed by atoms with Crippen molar-refractivity contribution in [3.8, 4) is 5.75 Å². The first-order valence-corrected chi connectivity index (χ1v) is 7.00. The lowest BCUT2D eigenvalue weighted by Gasteiger charge is -2.38. The first kappa shape index (κ1) is 12.6. The highest BCUT2D eigenvalue weighted by molar-refractivity contribution is 6.35. The van der Waals surface area contributed by atoms with Gasteiger partial charge in [0.25, 0.3) is 0 Å². The number of hydrogen-bond donors (Lipinski definition) is 0. The van der Waals surface area contributed by atoms with Crippen LogP contribution in [-0.4, -0.2) is 37.3 Å². The summed E-state index contributed by atoms with van der Waals surface area (Å²) in [7, 11) is 2.35. The van der Waals surface area contributed by atoms with Crippen molar-refractivity contribution >= 4 is 13.2 Å². The average molecular weight is 256 g/mol. The van der Waals surface area contributed by atoms with Crippen molar-refractivity contribution in [2.75, 3.05) is 13.1 Å². The Labute approximate surface area is 115 Å². The van der Waals surface area contributed by atoms with Gasteiger partial charge in [-0.05, 0) is 36.1 Å². The molecule has 1 fully saturated rings. The van der Waals surface area contributed by atoms with Crippen molar-refractivity contribution in [1.82, 2.24) is 4.90 Å². The molecule has 3 rings (SSSR count). The highest BCUT2D eigenvalue weighted by atomic mass is 16.5. The van der Waals surface area contributed by atoms with Gasteiger partial charge in [0.15, 0.2) is 0 Å². The quantitative estimate of drug-likeness (QED) is 0.755. The zero-order chi connectivity index (χ0) is 13.4. The predicted octanol–water partition coefficient (Wildman–Crippen LogP) is 1.78. The number of amides is 1. The average Bonchev–Trinajstić information content (AvgIpc) is 2.35. The van der Waals surface area contributed by atoms with Gasteiger partial charge in [-0.15, -0.1) is 0 Å². The number of rotatable bonds is 2. The molecule has 0 atom stereocenters. The molecule has 2 aliphatic rings. The van der Waals surface area contributed by atoms with E-state index in [-0.39, 0.29) is 12.0 Å². The van der Waals surface area contributed by atoms with Gasteiger partial charge in [-0.2, -0.15) is 0 Å². The first-order valence-electron chi connectivity index (χ1n) is 7.00. The van der Waals surface area contributed by atoms with Gasteiger partial charge in [0, 0.05) is 6.92 Å². The maximum atomic E-state index is 11.1. The van der Waals surface area contributed by atoms with Crippen LogP contribution in [0.4, 0.5) is 0 Å². The van der Waals surface area contributed by atoms with Crippen molar-refractivity contribution in [3.05, 3.63) is 28.8 Å². The van der Waals surface area contributed by atoms with E-state index in [0.717, 1.165) is 31.6 Å². The third-order valence-electron chi connectivity index (χ3n) is 4.20. The van der Waals surface area contributed by atoms with Crippen LogP contribution in [0.1, 0.15) is 23.6 Å². The Kier molecular flexibility index (Phi) is 3.25. The van der Waals surface area contributed by atoms with Crippen LogP contribution in [0.5, 0.6) is 5.75 Å². The molecule has 0 spiro atoms. The van der Waals surface area contributed by atoms with E-state index < -0.39 is 0 Å². The Morgan fingerprint density at radius 3 is 2.95 bits per heavy atom. The molecule has 0 bridgehead atoms. The topological polar surface area (TPSA) is 29.5 Å². The smallest absolute Gasteiger partial charge is 0.219 e. The van der Waals surface area contributed by atoms with Crippen molar-refractivity contribution in [2.45, 2.75) is 39.0 Å². The predicted molar refractivity (Wildman–Crippen MR) is 75.8 cm³/mol. The van der Waals surface area contributed by atoms with Gasteiger partial charge in [0.05, 0.1) is 13.1 Å². The molecule has 0 aliphatic carbocycles. The summed E-state index contributed by atoms with van der Waals surface area (Å²) in [6.07, 6.45) is 3.55. The van der Waals surface area contributed by atoms with E-state index >= 15 is 0 Å². The zero-order valence-electron chi connectivity index (χ0n) is 11.6. The number of ether oxygens (including phenoxy) is 1. The Balaban J connectivity index is 1.71. The van der Waals surface area contributed by atoms with Gasteiger partial charge in [-0.1, -0.05) is 18.7 Å². The monoisotopic (exact) mass is 256 g/mol. The van der Waals surface area contributed by atoms with Crippen LogP contribution >= 0.6 is 0 Å². The van der Waals surface area contributed by atoms with Crippen molar-refractivity contribution < 1.29 is 9.53 Å². The molecule has 2 heterocycles. The fourth-order valence-electron chi connectivity index (χ4n) is 2.89. The molecule has 19 heavy (non-hydrogen) atoms. The third kappa shape index (κ3) is 2.36. The second kappa shape index (κ2) is 4.91. The first-order chi connectivity index (χ1) is 9.15. The number of carbonyl (C=O) groups excluding carboxylic acids is 1. The second-order valence-electron chi connectivity index (χ2n) is 5.52. The molecule has 2 aliphatic heterocycles. The van der Waals surface area contributed by atoms with Crippen LogP contribution < -0.4 is 4.74 Å². The van der Waals surface area contributed by atoms with Crippen LogP contribution in [0.15, 0.2) is 12.1 Å². The summed E-state index contributed by atoms with van der Waals surface area (Å²) in [5.41, 5.74) is 4.17. The summed E-state index contributed by atoms with van der Waals surface area (Å²) in [4.78, 5) is 13.0. The number of likely N-dealkylation sites (tertiary alicyclic amines) is 1. The second-order valence-corrected chi connectivity index (χ2v) is 5.52. The number of benzene rings is 1. The number of aryl methyl sites for hydroxylation is 1. The minimum absolute atomic E-state index is 0.136. The highest BCUT2D eigenvalue weighted by Crippen LogP contribution is 2.30. The van der Waals surface area contributed by atoms with Gasteiger partial charge >= 0.3 is 0 Å². The van der Waals surface area contributed by atoms with Crippen LogP contribution in [0, 0.1) is 6.92 Å². The molecule has 4 heteroatoms. The maximum Gasteiger partial charge on any atom is 0.219 e. The molecular formula is C15H19BNO2. The van der Waals surface area contributed by atoms with E-state index in [1.165, 1.54) is 23.0 Å². The van der Waals surface area contributed by atoms with Gasteiger partial charge in [-0.3, -0.25) is 4.79 Å². The summed E-state index contributed by atoms with van der Waals surface area (Å²) in [5, 5.41) is 0. The van der Waals surface area contributed by atoms with E-state index in [9.17, 15) is 4.79 Å². The molecule has 99 valence electrons. The van der Waals surface area contributed by atoms with E-state index in [0.29, 0.717) is 0 Å². The van der Waals surface area contributed by atoms with Crippen molar-refractivity contribution in [3.63, 3.8) is 0 Å². The Morgan fingerprint density at radius 2 is 2.21 bits per heavy atom. The van der Waals surface area contributed by atoms with Crippen molar-refractivity contribution in [2.24, 2.45) is 0 Å². The standard InChI is InChI=1S/C15H19BNO2/c1-10-14-7-16-6-5-12(14)3-4-15(10)19-13-8-17(9-13)11(2)18/h3-4,13H,5-9H2,1-2H3. The minimum atomic E-state index is 0.136. The van der Waals surface area contributed by atoms with Gasteiger partial charge < -0.3 is 9.64 Å². The van der Waals surface area contributed by atoms with Crippen LogP contribution in [0.2, 0.25) is 6.32 Å². The summed E-state index contributed by atoms with van der Waals surface area (Å²) >= 11 is 0. The highest BCUT2D eigenvalue weighted by Gasteiger charge is 2.30. The summed E-state index contributed by atoms with van der Waals surface area (Å²) in [6, 6.07) is 4.29. The summed E-state index contributed by atoms with van der Waals surface area (Å²) < 4.78 is 6.02. The van der Waals surface area contributed by atoms with E-state index in [4.69, 9.17) is 4.74 Å². The molecule has 0 aromatic heterocycles. The molecule has 1 aromatic carbocycles. The number of carbonyl (C=O) groups is 1. The Hall–Kier alpha value is -1.45. The SMILES string of the molecule is CC(=O)N1CC(Oc2ccc3c(c2C)C[B]CC3)C1. The van der Waals surface area contributed by atoms with Gasteiger partial charge in [-0.25, -0.2) is 0 Å². The van der Waals surface area contributed by atoms with Crippen LogP contribution in [-0.2, 0) is 17.5 Å². The van der Waals surface area contributed by atoms with E-state index in [2.05, 4.69) is 26.3 Å². The van der Waals surface area contributed by atoms with Crippen LogP contribution in [0.25, 0.3) is 0 Å². The Morgan fingerprint density at radius 1 is 1.42 bits per heavy atom. The maximum absolute atomic E-state index is 11.1. The van der Waals surface area contributed by atoms with E-state index in [1.54, 1.807) is 6.92 Å². The van der Waals surface area contributed by atoms with E-state index in [1.807, 2.05) is 4.90 Å². The lowest BCUT2D eigenvalue weighted by molar-refractivity contribution is -0.137. The van der Waals surface area contributed by atoms with Gasteiger partial charge in [0.2, 0.25) is 5.91 Å². The normalized spacial score (nSPS) is 18.3. The molecule has 1 saturated heterocycles. The number of nitrogens with zero attached hydrogens (tertiary/aromatic N) is 1. The molecule has 0 saturated carbocycles.